The first-order chi connectivity index (χ1) is 8.62. The summed E-state index contributed by atoms with van der Waals surface area (Å²) in [6.45, 7) is 1.51. The predicted octanol–water partition coefficient (Wildman–Crippen LogP) is 2.40. The number of carbonyl (C=O) groups excluding carboxylic acids is 1. The zero-order valence-electron chi connectivity index (χ0n) is 10.8. The van der Waals surface area contributed by atoms with Crippen LogP contribution in [0.2, 0.25) is 0 Å². The van der Waals surface area contributed by atoms with Crippen LogP contribution in [0.1, 0.15) is 17.4 Å². The van der Waals surface area contributed by atoms with Crippen molar-refractivity contribution in [3.63, 3.8) is 0 Å². The van der Waals surface area contributed by atoms with Crippen LogP contribution in [0, 0.1) is 0 Å². The molecule has 2 rings (SSSR count). The fourth-order valence-electron chi connectivity index (χ4n) is 1.94. The molecule has 1 aromatic carbocycles. The molecule has 0 aliphatic carbocycles. The fourth-order valence-corrected chi connectivity index (χ4v) is 1.94. The number of benzene rings is 1. The van der Waals surface area contributed by atoms with E-state index < -0.39 is 0 Å². The van der Waals surface area contributed by atoms with E-state index in [2.05, 4.69) is 4.98 Å². The van der Waals surface area contributed by atoms with Gasteiger partial charge in [-0.1, -0.05) is 0 Å². The Kier molecular flexibility index (Phi) is 3.14. The first-order valence-electron chi connectivity index (χ1n) is 5.45. The van der Waals surface area contributed by atoms with Gasteiger partial charge in [-0.15, -0.1) is 0 Å². The predicted molar refractivity (Wildman–Crippen MR) is 68.0 cm³/mol. The van der Waals surface area contributed by atoms with Crippen molar-refractivity contribution in [3.8, 4) is 17.2 Å². The van der Waals surface area contributed by atoms with Crippen LogP contribution in [0.15, 0.2) is 12.1 Å². The molecule has 0 atom stereocenters. The van der Waals surface area contributed by atoms with Gasteiger partial charge in [0.1, 0.15) is 0 Å². The summed E-state index contributed by atoms with van der Waals surface area (Å²) in [7, 11) is 4.65. The van der Waals surface area contributed by atoms with Crippen molar-refractivity contribution in [1.82, 2.24) is 4.98 Å². The number of aromatic amines is 1. The standard InChI is InChI=1S/C13H15NO4/c1-7(15)9-5-8-10(14-9)6-11(16-2)13(18-4)12(8)17-3/h5-6,14H,1-4H3. The third-order valence-electron chi connectivity index (χ3n) is 2.81. The number of hydrogen-bond acceptors (Lipinski definition) is 4. The maximum atomic E-state index is 11.4. The van der Waals surface area contributed by atoms with Gasteiger partial charge in [0.15, 0.2) is 17.3 Å². The maximum absolute atomic E-state index is 11.4. The number of Topliss-reactive ketones (excluding diaryl/α,β-unsaturated/α-hetero) is 1. The summed E-state index contributed by atoms with van der Waals surface area (Å²) in [5.41, 5.74) is 1.30. The second-order valence-electron chi connectivity index (χ2n) is 3.85. The summed E-state index contributed by atoms with van der Waals surface area (Å²) in [6, 6.07) is 3.53. The van der Waals surface area contributed by atoms with Gasteiger partial charge in [-0.2, -0.15) is 0 Å². The molecule has 5 heteroatoms. The van der Waals surface area contributed by atoms with E-state index in [1.54, 1.807) is 33.5 Å². The highest BCUT2D eigenvalue weighted by Crippen LogP contribution is 2.43. The van der Waals surface area contributed by atoms with Gasteiger partial charge >= 0.3 is 0 Å². The number of methoxy groups -OCH3 is 3. The molecule has 2 aromatic rings. The Balaban J connectivity index is 2.79. The van der Waals surface area contributed by atoms with Crippen LogP contribution in [0.3, 0.4) is 0 Å². The summed E-state index contributed by atoms with van der Waals surface area (Å²) in [5.74, 6) is 1.59. The van der Waals surface area contributed by atoms with Crippen LogP contribution in [-0.2, 0) is 0 Å². The lowest BCUT2D eigenvalue weighted by atomic mass is 10.2. The molecule has 5 nitrogen and oxygen atoms in total. The van der Waals surface area contributed by atoms with Crippen LogP contribution < -0.4 is 14.2 Å². The van der Waals surface area contributed by atoms with E-state index in [1.165, 1.54) is 6.92 Å². The highest BCUT2D eigenvalue weighted by molar-refractivity contribution is 6.01. The average molecular weight is 249 g/mol. The number of ether oxygens (including phenoxy) is 3. The Labute approximate surface area is 105 Å². The Morgan fingerprint density at radius 1 is 1.06 bits per heavy atom. The summed E-state index contributed by atoms with van der Waals surface area (Å²) in [5, 5.41) is 0.792. The number of nitrogens with one attached hydrogen (secondary N) is 1. The Bertz CT molecular complexity index is 601. The van der Waals surface area contributed by atoms with Crippen LogP contribution in [0.4, 0.5) is 0 Å². The van der Waals surface area contributed by atoms with Crippen molar-refractivity contribution in [3.05, 3.63) is 17.8 Å². The molecule has 0 radical (unpaired) electrons. The third kappa shape index (κ3) is 1.77. The molecule has 0 aliphatic rings. The molecule has 0 saturated heterocycles. The van der Waals surface area contributed by atoms with E-state index in [-0.39, 0.29) is 5.78 Å². The second-order valence-corrected chi connectivity index (χ2v) is 3.85. The Morgan fingerprint density at radius 3 is 2.22 bits per heavy atom. The second kappa shape index (κ2) is 4.60. The number of carbonyl (C=O) groups is 1. The van der Waals surface area contributed by atoms with Crippen LogP contribution >= 0.6 is 0 Å². The third-order valence-corrected chi connectivity index (χ3v) is 2.81. The molecule has 0 bridgehead atoms. The SMILES string of the molecule is COc1cc2[nH]c(C(C)=O)cc2c(OC)c1OC. The van der Waals surface area contributed by atoms with Gasteiger partial charge in [0.25, 0.3) is 0 Å². The molecule has 0 aliphatic heterocycles. The summed E-state index contributed by atoms with van der Waals surface area (Å²) in [6.07, 6.45) is 0. The lowest BCUT2D eigenvalue weighted by molar-refractivity contribution is 0.101. The molecule has 0 fully saturated rings. The van der Waals surface area contributed by atoms with Gasteiger partial charge < -0.3 is 19.2 Å². The van der Waals surface area contributed by atoms with E-state index in [0.717, 1.165) is 10.9 Å². The van der Waals surface area contributed by atoms with Crippen molar-refractivity contribution in [1.29, 1.82) is 0 Å². The lowest BCUT2D eigenvalue weighted by Gasteiger charge is -2.12. The van der Waals surface area contributed by atoms with Gasteiger partial charge in [0, 0.05) is 18.4 Å². The minimum absolute atomic E-state index is 0.0359. The van der Waals surface area contributed by atoms with Crippen molar-refractivity contribution in [2.75, 3.05) is 21.3 Å². The molecular formula is C13H15NO4. The molecule has 0 unspecified atom stereocenters. The van der Waals surface area contributed by atoms with Gasteiger partial charge in [-0.25, -0.2) is 0 Å². The van der Waals surface area contributed by atoms with Crippen molar-refractivity contribution in [2.45, 2.75) is 6.92 Å². The first kappa shape index (κ1) is 12.3. The van der Waals surface area contributed by atoms with Gasteiger partial charge in [0.05, 0.1) is 32.5 Å². The minimum atomic E-state index is -0.0359. The van der Waals surface area contributed by atoms with Gasteiger partial charge in [-0.3, -0.25) is 4.79 Å². The topological polar surface area (TPSA) is 60.6 Å². The highest BCUT2D eigenvalue weighted by atomic mass is 16.5. The van der Waals surface area contributed by atoms with E-state index >= 15 is 0 Å². The fraction of sp³-hybridized carbons (Fsp3) is 0.308. The van der Waals surface area contributed by atoms with Crippen LogP contribution in [-0.4, -0.2) is 32.1 Å². The van der Waals surface area contributed by atoms with Gasteiger partial charge in [-0.05, 0) is 6.07 Å². The van der Waals surface area contributed by atoms with E-state index in [0.29, 0.717) is 22.9 Å². The number of aromatic nitrogens is 1. The first-order valence-corrected chi connectivity index (χ1v) is 5.45. The Hall–Kier alpha value is -2.17. The Morgan fingerprint density at radius 2 is 1.72 bits per heavy atom. The molecule has 18 heavy (non-hydrogen) atoms. The minimum Gasteiger partial charge on any atom is -0.493 e. The molecule has 0 saturated carbocycles. The summed E-state index contributed by atoms with van der Waals surface area (Å²) in [4.78, 5) is 14.4. The quantitative estimate of drug-likeness (QED) is 0.845. The highest BCUT2D eigenvalue weighted by Gasteiger charge is 2.18. The summed E-state index contributed by atoms with van der Waals surface area (Å²) < 4.78 is 15.9. The van der Waals surface area contributed by atoms with Crippen LogP contribution in [0.5, 0.6) is 17.2 Å². The van der Waals surface area contributed by atoms with Crippen LogP contribution in [0.25, 0.3) is 10.9 Å². The number of hydrogen-bond donors (Lipinski definition) is 1. The molecule has 0 spiro atoms. The molecule has 1 heterocycles. The number of ketones is 1. The molecule has 1 N–H and O–H groups in total. The van der Waals surface area contributed by atoms with Crippen molar-refractivity contribution >= 4 is 16.7 Å². The molecule has 96 valence electrons. The summed E-state index contributed by atoms with van der Waals surface area (Å²) >= 11 is 0. The smallest absolute Gasteiger partial charge is 0.204 e. The lowest BCUT2D eigenvalue weighted by Crippen LogP contribution is -1.95. The zero-order valence-corrected chi connectivity index (χ0v) is 10.8. The molecule has 1 aromatic heterocycles. The van der Waals surface area contributed by atoms with Gasteiger partial charge in [0.2, 0.25) is 5.75 Å². The average Bonchev–Trinajstić information content (AvgIpc) is 2.79. The number of fused-ring (bicyclic) bond motifs is 1. The van der Waals surface area contributed by atoms with E-state index in [9.17, 15) is 4.79 Å². The number of H-pyrrole nitrogens is 1. The maximum Gasteiger partial charge on any atom is 0.204 e. The molecule has 0 amide bonds. The normalized spacial score (nSPS) is 10.4. The van der Waals surface area contributed by atoms with Crippen molar-refractivity contribution < 1.29 is 19.0 Å². The zero-order chi connectivity index (χ0) is 13.3. The number of rotatable bonds is 4. The monoisotopic (exact) mass is 249 g/mol. The van der Waals surface area contributed by atoms with Crippen molar-refractivity contribution in [2.24, 2.45) is 0 Å². The van der Waals surface area contributed by atoms with E-state index in [4.69, 9.17) is 14.2 Å². The molecular weight excluding hydrogens is 234 g/mol. The van der Waals surface area contributed by atoms with E-state index in [1.807, 2.05) is 0 Å². The largest absolute Gasteiger partial charge is 0.493 e.